The summed E-state index contributed by atoms with van der Waals surface area (Å²) in [5, 5.41) is 9.95. The molecule has 1 saturated heterocycles. The third kappa shape index (κ3) is 3.33. The molecule has 3 heteroatoms. The van der Waals surface area contributed by atoms with Crippen LogP contribution in [-0.4, -0.2) is 35.8 Å². The average molecular weight is 277 g/mol. The lowest BCUT2D eigenvalue weighted by Crippen LogP contribution is -2.47. The zero-order valence-electron chi connectivity index (χ0n) is 12.9. The second kappa shape index (κ2) is 6.59. The second-order valence-corrected chi connectivity index (χ2v) is 6.36. The van der Waals surface area contributed by atoms with Crippen molar-refractivity contribution in [1.29, 1.82) is 0 Å². The van der Waals surface area contributed by atoms with Crippen LogP contribution < -0.4 is 4.74 Å². The number of aliphatic hydroxyl groups is 1. The molecule has 0 amide bonds. The van der Waals surface area contributed by atoms with Crippen LogP contribution in [0.3, 0.4) is 0 Å². The van der Waals surface area contributed by atoms with Crippen molar-refractivity contribution in [2.45, 2.75) is 45.2 Å². The molecule has 3 nitrogen and oxygen atoms in total. The number of hydrogen-bond acceptors (Lipinski definition) is 3. The van der Waals surface area contributed by atoms with Crippen LogP contribution in [0.25, 0.3) is 0 Å². The molecule has 20 heavy (non-hydrogen) atoms. The minimum atomic E-state index is -0.0305. The Morgan fingerprint density at radius 3 is 2.85 bits per heavy atom. The van der Waals surface area contributed by atoms with Crippen LogP contribution in [0.5, 0.6) is 5.75 Å². The number of benzene rings is 1. The van der Waals surface area contributed by atoms with E-state index in [-0.39, 0.29) is 12.1 Å². The van der Waals surface area contributed by atoms with Gasteiger partial charge in [0.05, 0.1) is 13.7 Å². The Hall–Kier alpha value is -1.06. The lowest BCUT2D eigenvalue weighted by molar-refractivity contribution is 0.0409. The van der Waals surface area contributed by atoms with Gasteiger partial charge in [-0.1, -0.05) is 26.0 Å². The quantitative estimate of drug-likeness (QED) is 0.867. The fraction of sp³-hybridized carbons (Fsp3) is 0.647. The van der Waals surface area contributed by atoms with Gasteiger partial charge in [0.15, 0.2) is 0 Å². The molecule has 0 spiro atoms. The molecule has 112 valence electrons. The number of rotatable bonds is 6. The third-order valence-electron chi connectivity index (χ3n) is 4.33. The summed E-state index contributed by atoms with van der Waals surface area (Å²) in [7, 11) is 1.70. The van der Waals surface area contributed by atoms with E-state index in [1.807, 2.05) is 12.1 Å². The molecule has 1 aromatic carbocycles. The summed E-state index contributed by atoms with van der Waals surface area (Å²) in [5.41, 5.74) is 1.23. The van der Waals surface area contributed by atoms with Gasteiger partial charge in [-0.15, -0.1) is 0 Å². The number of likely N-dealkylation sites (tertiary alicyclic amines) is 1. The molecule has 1 aromatic rings. The number of ether oxygens (including phenoxy) is 1. The van der Waals surface area contributed by atoms with Gasteiger partial charge >= 0.3 is 0 Å². The Morgan fingerprint density at radius 1 is 1.40 bits per heavy atom. The highest BCUT2D eigenvalue weighted by atomic mass is 16.5. The van der Waals surface area contributed by atoms with E-state index < -0.39 is 0 Å². The van der Waals surface area contributed by atoms with Crippen LogP contribution in [0, 0.1) is 5.92 Å². The number of hydrogen-bond donors (Lipinski definition) is 1. The van der Waals surface area contributed by atoms with Crippen LogP contribution in [0.2, 0.25) is 0 Å². The maximum Gasteiger partial charge on any atom is 0.119 e. The first-order chi connectivity index (χ1) is 9.59. The third-order valence-corrected chi connectivity index (χ3v) is 4.33. The molecule has 1 aliphatic heterocycles. The Kier molecular flexibility index (Phi) is 5.06. The van der Waals surface area contributed by atoms with E-state index in [0.717, 1.165) is 31.7 Å². The van der Waals surface area contributed by atoms with Gasteiger partial charge < -0.3 is 9.84 Å². The van der Waals surface area contributed by atoms with Crippen LogP contribution in [0.15, 0.2) is 24.3 Å². The Balaban J connectivity index is 2.13. The van der Waals surface area contributed by atoms with E-state index in [1.54, 1.807) is 7.11 Å². The lowest BCUT2D eigenvalue weighted by Gasteiger charge is -2.38. The molecule has 0 aromatic heterocycles. The van der Waals surface area contributed by atoms with Crippen LogP contribution >= 0.6 is 0 Å². The van der Waals surface area contributed by atoms with Crippen molar-refractivity contribution in [2.24, 2.45) is 5.92 Å². The molecular formula is C17H27NO2. The van der Waals surface area contributed by atoms with Crippen molar-refractivity contribution < 1.29 is 9.84 Å². The maximum absolute atomic E-state index is 9.95. The van der Waals surface area contributed by atoms with Gasteiger partial charge in [0.2, 0.25) is 0 Å². The van der Waals surface area contributed by atoms with E-state index in [1.165, 1.54) is 12.0 Å². The smallest absolute Gasteiger partial charge is 0.119 e. The second-order valence-electron chi connectivity index (χ2n) is 6.36. The highest BCUT2D eigenvalue weighted by molar-refractivity contribution is 5.28. The standard InChI is InChI=1S/C17H27NO2/c1-14(2)11-17(13-19)8-5-9-18(17)12-15-6-4-7-16(10-15)20-3/h4,6-7,10,14,19H,5,8-9,11-13H2,1-3H3. The van der Waals surface area contributed by atoms with Crippen LogP contribution in [0.4, 0.5) is 0 Å². The van der Waals surface area contributed by atoms with Gasteiger partial charge in [0, 0.05) is 12.1 Å². The first-order valence-corrected chi connectivity index (χ1v) is 7.58. The highest BCUT2D eigenvalue weighted by Crippen LogP contribution is 2.36. The molecular weight excluding hydrogens is 250 g/mol. The first-order valence-electron chi connectivity index (χ1n) is 7.58. The Labute approximate surface area is 122 Å². The maximum atomic E-state index is 9.95. The van der Waals surface area contributed by atoms with E-state index in [9.17, 15) is 5.11 Å². The van der Waals surface area contributed by atoms with Gasteiger partial charge in [-0.2, -0.15) is 0 Å². The van der Waals surface area contributed by atoms with Gasteiger partial charge in [0.1, 0.15) is 5.75 Å². The van der Waals surface area contributed by atoms with Gasteiger partial charge in [0.25, 0.3) is 0 Å². The molecule has 1 atom stereocenters. The van der Waals surface area contributed by atoms with E-state index in [0.29, 0.717) is 5.92 Å². The summed E-state index contributed by atoms with van der Waals surface area (Å²) >= 11 is 0. The molecule has 1 heterocycles. The predicted octanol–water partition coefficient (Wildman–Crippen LogP) is 3.07. The van der Waals surface area contributed by atoms with Gasteiger partial charge in [-0.3, -0.25) is 4.90 Å². The normalized spacial score (nSPS) is 23.4. The van der Waals surface area contributed by atoms with Crippen molar-refractivity contribution in [3.8, 4) is 5.75 Å². The molecule has 1 N–H and O–H groups in total. The van der Waals surface area contributed by atoms with E-state index in [4.69, 9.17) is 4.74 Å². The summed E-state index contributed by atoms with van der Waals surface area (Å²) in [6.07, 6.45) is 3.34. The number of nitrogens with zero attached hydrogens (tertiary/aromatic N) is 1. The molecule has 1 unspecified atom stereocenters. The van der Waals surface area contributed by atoms with Crippen molar-refractivity contribution in [1.82, 2.24) is 4.90 Å². The minimum Gasteiger partial charge on any atom is -0.497 e. The number of aliphatic hydroxyl groups excluding tert-OH is 1. The molecule has 0 saturated carbocycles. The minimum absolute atomic E-state index is 0.0305. The van der Waals surface area contributed by atoms with Crippen molar-refractivity contribution in [3.05, 3.63) is 29.8 Å². The molecule has 1 fully saturated rings. The van der Waals surface area contributed by atoms with Crippen molar-refractivity contribution in [2.75, 3.05) is 20.3 Å². The lowest BCUT2D eigenvalue weighted by atomic mass is 9.87. The molecule has 0 bridgehead atoms. The predicted molar refractivity (Wildman–Crippen MR) is 81.9 cm³/mol. The van der Waals surface area contributed by atoms with Crippen molar-refractivity contribution in [3.63, 3.8) is 0 Å². The molecule has 1 aliphatic rings. The van der Waals surface area contributed by atoms with E-state index in [2.05, 4.69) is 30.9 Å². The van der Waals surface area contributed by atoms with Crippen LogP contribution in [0.1, 0.15) is 38.7 Å². The summed E-state index contributed by atoms with van der Waals surface area (Å²) in [4.78, 5) is 2.46. The first kappa shape index (κ1) is 15.3. The SMILES string of the molecule is COc1cccc(CN2CCCC2(CO)CC(C)C)c1. The largest absolute Gasteiger partial charge is 0.497 e. The number of methoxy groups -OCH3 is 1. The zero-order valence-corrected chi connectivity index (χ0v) is 12.9. The molecule has 0 radical (unpaired) electrons. The summed E-state index contributed by atoms with van der Waals surface area (Å²) in [6.45, 7) is 6.70. The summed E-state index contributed by atoms with van der Waals surface area (Å²) in [5.74, 6) is 1.51. The van der Waals surface area contributed by atoms with Gasteiger partial charge in [-0.05, 0) is 49.4 Å². The van der Waals surface area contributed by atoms with Crippen molar-refractivity contribution >= 4 is 0 Å². The zero-order chi connectivity index (χ0) is 14.6. The fourth-order valence-electron chi connectivity index (χ4n) is 3.47. The average Bonchev–Trinajstić information content (AvgIpc) is 2.81. The topological polar surface area (TPSA) is 32.7 Å². The highest BCUT2D eigenvalue weighted by Gasteiger charge is 2.40. The molecule has 2 rings (SSSR count). The van der Waals surface area contributed by atoms with Crippen LogP contribution in [-0.2, 0) is 6.54 Å². The van der Waals surface area contributed by atoms with E-state index >= 15 is 0 Å². The Morgan fingerprint density at radius 2 is 2.20 bits per heavy atom. The monoisotopic (exact) mass is 277 g/mol. The fourth-order valence-corrected chi connectivity index (χ4v) is 3.47. The summed E-state index contributed by atoms with van der Waals surface area (Å²) < 4.78 is 5.29. The summed E-state index contributed by atoms with van der Waals surface area (Å²) in [6, 6.07) is 8.24. The van der Waals surface area contributed by atoms with Gasteiger partial charge in [-0.25, -0.2) is 0 Å². The molecule has 0 aliphatic carbocycles. The Bertz CT molecular complexity index is 433.